The molecule has 1 aliphatic rings. The largest absolute Gasteiger partial charge is 0.336 e. The zero-order valence-electron chi connectivity index (χ0n) is 14.5. The average molecular weight is 351 g/mol. The van der Waals surface area contributed by atoms with Gasteiger partial charge in [-0.3, -0.25) is 19.8 Å². The molecule has 2 aromatic carbocycles. The van der Waals surface area contributed by atoms with Crippen LogP contribution < -0.4 is 0 Å². The van der Waals surface area contributed by atoms with E-state index in [0.29, 0.717) is 18.7 Å². The third-order valence-electron chi connectivity index (χ3n) is 4.46. The maximum atomic E-state index is 12.5. The van der Waals surface area contributed by atoms with Gasteiger partial charge in [-0.25, -0.2) is 0 Å². The van der Waals surface area contributed by atoms with Crippen molar-refractivity contribution in [2.24, 2.45) is 0 Å². The van der Waals surface area contributed by atoms with E-state index < -0.39 is 4.92 Å². The summed E-state index contributed by atoms with van der Waals surface area (Å²) in [6.07, 6.45) is 4.25. The van der Waals surface area contributed by atoms with Crippen molar-refractivity contribution in [2.75, 3.05) is 32.7 Å². The van der Waals surface area contributed by atoms with E-state index in [4.69, 9.17) is 0 Å². The molecule has 0 radical (unpaired) electrons. The molecule has 1 saturated heterocycles. The highest BCUT2D eigenvalue weighted by Crippen LogP contribution is 2.14. The molecule has 0 unspecified atom stereocenters. The van der Waals surface area contributed by atoms with Gasteiger partial charge in [0.25, 0.3) is 11.6 Å². The van der Waals surface area contributed by atoms with Crippen molar-refractivity contribution in [3.05, 3.63) is 81.9 Å². The quantitative estimate of drug-likeness (QED) is 0.613. The summed E-state index contributed by atoms with van der Waals surface area (Å²) < 4.78 is 0. The summed E-state index contributed by atoms with van der Waals surface area (Å²) in [7, 11) is 0. The number of carbonyl (C=O) groups is 1. The van der Waals surface area contributed by atoms with Crippen molar-refractivity contribution in [1.82, 2.24) is 9.80 Å². The molecule has 0 N–H and O–H groups in total. The number of rotatable bonds is 5. The Kier molecular flexibility index (Phi) is 5.76. The molecule has 0 bridgehead atoms. The van der Waals surface area contributed by atoms with E-state index in [2.05, 4.69) is 29.2 Å². The van der Waals surface area contributed by atoms with Crippen LogP contribution in [0.2, 0.25) is 0 Å². The molecule has 3 rings (SSSR count). The highest BCUT2D eigenvalue weighted by Gasteiger charge is 2.21. The van der Waals surface area contributed by atoms with Crippen LogP contribution >= 0.6 is 0 Å². The topological polar surface area (TPSA) is 66.7 Å². The molecule has 0 spiro atoms. The number of piperazine rings is 1. The van der Waals surface area contributed by atoms with Crippen molar-refractivity contribution in [2.45, 2.75) is 0 Å². The molecule has 6 nitrogen and oxygen atoms in total. The van der Waals surface area contributed by atoms with Crippen LogP contribution in [-0.2, 0) is 0 Å². The highest BCUT2D eigenvalue weighted by molar-refractivity contribution is 5.94. The van der Waals surface area contributed by atoms with Crippen molar-refractivity contribution < 1.29 is 9.72 Å². The van der Waals surface area contributed by atoms with Crippen LogP contribution in [0.25, 0.3) is 6.08 Å². The molecular weight excluding hydrogens is 330 g/mol. The molecule has 2 aromatic rings. The predicted octanol–water partition coefficient (Wildman–Crippen LogP) is 3.07. The molecule has 26 heavy (non-hydrogen) atoms. The number of nitro benzene ring substituents is 1. The minimum absolute atomic E-state index is 0.00317. The first-order valence-electron chi connectivity index (χ1n) is 8.61. The van der Waals surface area contributed by atoms with Crippen LogP contribution in [0.1, 0.15) is 15.9 Å². The number of hydrogen-bond donors (Lipinski definition) is 0. The van der Waals surface area contributed by atoms with Gasteiger partial charge in [0.15, 0.2) is 0 Å². The smallest absolute Gasteiger partial charge is 0.269 e. The summed E-state index contributed by atoms with van der Waals surface area (Å²) in [6, 6.07) is 16.0. The van der Waals surface area contributed by atoms with Gasteiger partial charge in [-0.2, -0.15) is 0 Å². The minimum Gasteiger partial charge on any atom is -0.336 e. The Bertz CT molecular complexity index is 780. The normalized spacial score (nSPS) is 15.3. The van der Waals surface area contributed by atoms with Gasteiger partial charge in [-0.1, -0.05) is 42.5 Å². The van der Waals surface area contributed by atoms with E-state index in [0.717, 1.165) is 19.6 Å². The molecule has 1 amide bonds. The van der Waals surface area contributed by atoms with Gasteiger partial charge in [-0.15, -0.1) is 0 Å². The molecule has 0 saturated carbocycles. The monoisotopic (exact) mass is 351 g/mol. The molecule has 6 heteroatoms. The summed E-state index contributed by atoms with van der Waals surface area (Å²) in [5.74, 6) is -0.0700. The van der Waals surface area contributed by atoms with Gasteiger partial charge in [0.1, 0.15) is 0 Å². The van der Waals surface area contributed by atoms with Gasteiger partial charge in [-0.05, 0) is 17.7 Å². The lowest BCUT2D eigenvalue weighted by Crippen LogP contribution is -2.48. The molecule has 0 atom stereocenters. The third kappa shape index (κ3) is 4.55. The lowest BCUT2D eigenvalue weighted by atomic mass is 10.1. The average Bonchev–Trinajstić information content (AvgIpc) is 2.69. The second kappa shape index (κ2) is 8.40. The van der Waals surface area contributed by atoms with E-state index in [1.165, 1.54) is 29.8 Å². The predicted molar refractivity (Wildman–Crippen MR) is 101 cm³/mol. The van der Waals surface area contributed by atoms with Crippen LogP contribution in [0, 0.1) is 10.1 Å². The number of amides is 1. The Morgan fingerprint density at radius 1 is 1.00 bits per heavy atom. The Morgan fingerprint density at radius 2 is 1.65 bits per heavy atom. The van der Waals surface area contributed by atoms with E-state index in [-0.39, 0.29) is 11.6 Å². The first kappa shape index (κ1) is 17.8. The fourth-order valence-corrected chi connectivity index (χ4v) is 2.94. The van der Waals surface area contributed by atoms with Crippen LogP contribution in [0.15, 0.2) is 60.7 Å². The van der Waals surface area contributed by atoms with Gasteiger partial charge in [0.05, 0.1) is 4.92 Å². The van der Waals surface area contributed by atoms with Crippen LogP contribution in [0.4, 0.5) is 5.69 Å². The van der Waals surface area contributed by atoms with Gasteiger partial charge >= 0.3 is 0 Å². The van der Waals surface area contributed by atoms with E-state index in [9.17, 15) is 14.9 Å². The first-order valence-corrected chi connectivity index (χ1v) is 8.61. The summed E-state index contributed by atoms with van der Waals surface area (Å²) >= 11 is 0. The molecule has 0 aromatic heterocycles. The fraction of sp³-hybridized carbons (Fsp3) is 0.250. The van der Waals surface area contributed by atoms with E-state index in [1.54, 1.807) is 4.90 Å². The van der Waals surface area contributed by atoms with E-state index >= 15 is 0 Å². The molecular formula is C20H21N3O3. The summed E-state index contributed by atoms with van der Waals surface area (Å²) in [4.78, 5) is 26.9. The van der Waals surface area contributed by atoms with Crippen molar-refractivity contribution in [1.29, 1.82) is 0 Å². The first-order chi connectivity index (χ1) is 12.6. The Morgan fingerprint density at radius 3 is 2.27 bits per heavy atom. The number of hydrogen-bond acceptors (Lipinski definition) is 4. The zero-order chi connectivity index (χ0) is 18.4. The fourth-order valence-electron chi connectivity index (χ4n) is 2.94. The lowest BCUT2D eigenvalue weighted by Gasteiger charge is -2.34. The SMILES string of the molecule is O=C(c1ccc([N+](=O)[O-])cc1)N1CCN(CC=Cc2ccccc2)CC1. The number of carbonyl (C=O) groups excluding carboxylic acids is 1. The van der Waals surface area contributed by atoms with Crippen LogP contribution in [0.3, 0.4) is 0 Å². The Hall–Kier alpha value is -2.99. The molecule has 1 heterocycles. The Balaban J connectivity index is 1.49. The maximum absolute atomic E-state index is 12.5. The van der Waals surface area contributed by atoms with Crippen LogP contribution in [-0.4, -0.2) is 53.4 Å². The molecule has 134 valence electrons. The molecule has 1 aliphatic heterocycles. The van der Waals surface area contributed by atoms with Crippen molar-refractivity contribution >= 4 is 17.7 Å². The Labute approximate surface area is 152 Å². The summed E-state index contributed by atoms with van der Waals surface area (Å²) in [6.45, 7) is 3.81. The summed E-state index contributed by atoms with van der Waals surface area (Å²) in [5.41, 5.74) is 1.67. The second-order valence-electron chi connectivity index (χ2n) is 6.21. The van der Waals surface area contributed by atoms with Crippen LogP contribution in [0.5, 0.6) is 0 Å². The number of benzene rings is 2. The van der Waals surface area contributed by atoms with Crippen molar-refractivity contribution in [3.8, 4) is 0 Å². The van der Waals surface area contributed by atoms with Crippen molar-refractivity contribution in [3.63, 3.8) is 0 Å². The number of non-ortho nitro benzene ring substituents is 1. The van der Waals surface area contributed by atoms with Gasteiger partial charge in [0.2, 0.25) is 0 Å². The highest BCUT2D eigenvalue weighted by atomic mass is 16.6. The molecule has 0 aliphatic carbocycles. The maximum Gasteiger partial charge on any atom is 0.269 e. The second-order valence-corrected chi connectivity index (χ2v) is 6.21. The van der Waals surface area contributed by atoms with Gasteiger partial charge < -0.3 is 4.90 Å². The number of nitro groups is 1. The molecule has 1 fully saturated rings. The lowest BCUT2D eigenvalue weighted by molar-refractivity contribution is -0.384. The standard InChI is InChI=1S/C20H21N3O3/c24-20(18-8-10-19(11-9-18)23(25)26)22-15-13-21(14-16-22)12-4-7-17-5-2-1-3-6-17/h1-11H,12-16H2. The number of nitrogens with zero attached hydrogens (tertiary/aromatic N) is 3. The third-order valence-corrected chi connectivity index (χ3v) is 4.46. The minimum atomic E-state index is -0.462. The zero-order valence-corrected chi connectivity index (χ0v) is 14.5. The van der Waals surface area contributed by atoms with E-state index in [1.807, 2.05) is 18.2 Å². The van der Waals surface area contributed by atoms with Gasteiger partial charge in [0, 0.05) is 50.4 Å². The summed E-state index contributed by atoms with van der Waals surface area (Å²) in [5, 5.41) is 10.7.